The van der Waals surface area contributed by atoms with Crippen LogP contribution < -0.4 is 10.9 Å². The van der Waals surface area contributed by atoms with Gasteiger partial charge in [0, 0.05) is 6.54 Å². The van der Waals surface area contributed by atoms with E-state index in [9.17, 15) is 27.9 Å². The summed E-state index contributed by atoms with van der Waals surface area (Å²) in [5.41, 5.74) is -1.05. The van der Waals surface area contributed by atoms with Gasteiger partial charge in [0.2, 0.25) is 0 Å². The van der Waals surface area contributed by atoms with Gasteiger partial charge in [-0.05, 0) is 48.6 Å². The highest BCUT2D eigenvalue weighted by molar-refractivity contribution is 6.04. The maximum Gasteiger partial charge on any atom is 0.416 e. The molecule has 6 nitrogen and oxygen atoms in total. The van der Waals surface area contributed by atoms with Crippen molar-refractivity contribution in [3.63, 3.8) is 0 Å². The van der Waals surface area contributed by atoms with Crippen LogP contribution in [-0.2, 0) is 17.3 Å². The molecule has 2 unspecified atom stereocenters. The summed E-state index contributed by atoms with van der Waals surface area (Å²) in [6.45, 7) is 5.53. The fourth-order valence-corrected chi connectivity index (χ4v) is 4.62. The average Bonchev–Trinajstić information content (AvgIpc) is 2.82. The molecule has 192 valence electrons. The van der Waals surface area contributed by atoms with Crippen molar-refractivity contribution in [2.45, 2.75) is 45.8 Å². The van der Waals surface area contributed by atoms with Crippen molar-refractivity contribution in [2.75, 3.05) is 18.5 Å². The van der Waals surface area contributed by atoms with Crippen LogP contribution in [0.1, 0.15) is 60.3 Å². The second-order valence-electron chi connectivity index (χ2n) is 8.97. The number of aromatic hydroxyl groups is 1. The van der Waals surface area contributed by atoms with E-state index < -0.39 is 46.4 Å². The summed E-state index contributed by atoms with van der Waals surface area (Å²) in [6, 6.07) is 4.70. The van der Waals surface area contributed by atoms with E-state index in [1.165, 1.54) is 29.7 Å². The molecule has 1 aliphatic heterocycles. The number of nitrogens with zero attached hydrogens (tertiary/aromatic N) is 1. The molecule has 1 aromatic heterocycles. The lowest BCUT2D eigenvalue weighted by Gasteiger charge is -2.32. The third-order valence-electron chi connectivity index (χ3n) is 6.63. The average molecular weight is 506 g/mol. The Kier molecular flexibility index (Phi) is 6.72. The van der Waals surface area contributed by atoms with Crippen molar-refractivity contribution in [2.24, 2.45) is 5.92 Å². The second-order valence-corrected chi connectivity index (χ2v) is 8.97. The van der Waals surface area contributed by atoms with Crippen LogP contribution in [-0.4, -0.2) is 28.8 Å². The number of carbonyl (C=O) groups is 1. The molecular weight excluding hydrogens is 480 g/mol. The van der Waals surface area contributed by atoms with Crippen molar-refractivity contribution in [3.8, 4) is 5.75 Å². The molecule has 0 spiro atoms. The van der Waals surface area contributed by atoms with Crippen molar-refractivity contribution in [3.05, 3.63) is 68.8 Å². The number of alkyl halides is 3. The number of nitrogens with one attached hydrogen (secondary N) is 1. The summed E-state index contributed by atoms with van der Waals surface area (Å²) in [4.78, 5) is 26.2. The van der Waals surface area contributed by atoms with Crippen molar-refractivity contribution in [1.82, 2.24) is 4.57 Å². The lowest BCUT2D eigenvalue weighted by molar-refractivity contribution is -0.137. The van der Waals surface area contributed by atoms with Crippen LogP contribution in [0.4, 0.5) is 23.2 Å². The number of pyridine rings is 1. The summed E-state index contributed by atoms with van der Waals surface area (Å²) < 4.78 is 60.9. The van der Waals surface area contributed by atoms with E-state index in [0.29, 0.717) is 23.2 Å². The van der Waals surface area contributed by atoms with Gasteiger partial charge in [-0.3, -0.25) is 9.36 Å². The van der Waals surface area contributed by atoms with Crippen LogP contribution in [0.2, 0.25) is 0 Å². The number of hydrogen-bond donors (Lipinski definition) is 2. The molecular formula is C26H26F4N2O4. The van der Waals surface area contributed by atoms with Gasteiger partial charge in [0.05, 0.1) is 34.8 Å². The van der Waals surface area contributed by atoms with E-state index in [2.05, 4.69) is 5.32 Å². The molecule has 3 aromatic rings. The number of benzene rings is 2. The predicted octanol–water partition coefficient (Wildman–Crippen LogP) is 5.65. The highest BCUT2D eigenvalue weighted by atomic mass is 19.4. The highest BCUT2D eigenvalue weighted by Gasteiger charge is 2.35. The number of rotatable bonds is 6. The Balaban J connectivity index is 2.04. The second kappa shape index (κ2) is 9.48. The van der Waals surface area contributed by atoms with Crippen LogP contribution >= 0.6 is 0 Å². The van der Waals surface area contributed by atoms with Crippen molar-refractivity contribution < 1.29 is 32.2 Å². The summed E-state index contributed by atoms with van der Waals surface area (Å²) in [5.74, 6) is -2.56. The Morgan fingerprint density at radius 1 is 1.25 bits per heavy atom. The van der Waals surface area contributed by atoms with Crippen molar-refractivity contribution >= 4 is 22.6 Å². The first-order chi connectivity index (χ1) is 17.0. The van der Waals surface area contributed by atoms with Crippen LogP contribution in [0, 0.1) is 11.7 Å². The third-order valence-corrected chi connectivity index (χ3v) is 6.63. The van der Waals surface area contributed by atoms with Crippen LogP contribution in [0.15, 0.2) is 35.1 Å². The first kappa shape index (κ1) is 25.5. The maximum atomic E-state index is 15.5. The summed E-state index contributed by atoms with van der Waals surface area (Å²) in [5, 5.41) is 13.7. The molecule has 0 amide bonds. The molecule has 2 aromatic carbocycles. The Hall–Kier alpha value is -3.56. The van der Waals surface area contributed by atoms with Gasteiger partial charge in [0.25, 0.3) is 5.56 Å². The molecule has 0 saturated heterocycles. The van der Waals surface area contributed by atoms with E-state index in [1.54, 1.807) is 0 Å². The van der Waals surface area contributed by atoms with E-state index in [1.807, 2.05) is 13.8 Å². The smallest absolute Gasteiger partial charge is 0.416 e. The molecule has 0 aliphatic carbocycles. The normalized spacial score (nSPS) is 16.0. The SMILES string of the molecule is CCOC(=O)c1c(O)c2c(F)cc(CC(C)CC)c3c2n(c1=O)C(c1ccc(C(F)(F)F)cc1)CN3. The Morgan fingerprint density at radius 2 is 1.92 bits per heavy atom. The lowest BCUT2D eigenvalue weighted by Crippen LogP contribution is -2.37. The summed E-state index contributed by atoms with van der Waals surface area (Å²) in [7, 11) is 0. The maximum absolute atomic E-state index is 15.5. The number of ether oxygens (including phenoxy) is 1. The molecule has 0 saturated carbocycles. The molecule has 2 N–H and O–H groups in total. The molecule has 0 fully saturated rings. The molecule has 4 rings (SSSR count). The lowest BCUT2D eigenvalue weighted by atomic mass is 9.92. The standard InChI is InChI=1S/C26H26F4N2O4/c1-4-13(3)10-15-11-17(27)19-22-21(15)31-12-18(14-6-8-16(9-7-14)26(28,29)30)32(22)24(34)20(23(19)33)25(35)36-5-2/h6-9,11,13,18,31,33H,4-5,10,12H2,1-3H3. The largest absolute Gasteiger partial charge is 0.506 e. The quantitative estimate of drug-likeness (QED) is 0.334. The molecule has 0 bridgehead atoms. The van der Waals surface area contributed by atoms with E-state index in [-0.39, 0.29) is 30.0 Å². The zero-order valence-corrected chi connectivity index (χ0v) is 20.0. The van der Waals surface area contributed by atoms with Gasteiger partial charge in [-0.1, -0.05) is 32.4 Å². The Morgan fingerprint density at radius 3 is 2.50 bits per heavy atom. The number of halogens is 4. The van der Waals surface area contributed by atoms with Gasteiger partial charge in [-0.2, -0.15) is 13.2 Å². The molecule has 2 heterocycles. The van der Waals surface area contributed by atoms with Gasteiger partial charge >= 0.3 is 12.1 Å². The van der Waals surface area contributed by atoms with E-state index in [0.717, 1.165) is 18.6 Å². The van der Waals surface area contributed by atoms with Crippen molar-refractivity contribution in [1.29, 1.82) is 0 Å². The van der Waals surface area contributed by atoms with Gasteiger partial charge in [0.15, 0.2) is 5.56 Å². The first-order valence-corrected chi connectivity index (χ1v) is 11.7. The number of esters is 1. The van der Waals surface area contributed by atoms with Crippen LogP contribution in [0.3, 0.4) is 0 Å². The topological polar surface area (TPSA) is 80.6 Å². The third kappa shape index (κ3) is 4.29. The Labute approximate surface area is 204 Å². The van der Waals surface area contributed by atoms with Gasteiger partial charge in [0.1, 0.15) is 11.6 Å². The molecule has 36 heavy (non-hydrogen) atoms. The van der Waals surface area contributed by atoms with Gasteiger partial charge in [-0.15, -0.1) is 0 Å². The number of anilines is 1. The monoisotopic (exact) mass is 506 g/mol. The zero-order chi connectivity index (χ0) is 26.4. The first-order valence-electron chi connectivity index (χ1n) is 11.7. The van der Waals surface area contributed by atoms with E-state index >= 15 is 4.39 Å². The van der Waals surface area contributed by atoms with Crippen LogP contribution in [0.25, 0.3) is 10.9 Å². The minimum Gasteiger partial charge on any atom is -0.506 e. The number of aromatic nitrogens is 1. The zero-order valence-electron chi connectivity index (χ0n) is 20.0. The van der Waals surface area contributed by atoms with Gasteiger partial charge in [-0.25, -0.2) is 9.18 Å². The minimum atomic E-state index is -4.54. The van der Waals surface area contributed by atoms with Gasteiger partial charge < -0.3 is 15.2 Å². The fraction of sp³-hybridized carbons (Fsp3) is 0.385. The summed E-state index contributed by atoms with van der Waals surface area (Å²) in [6.07, 6.45) is -3.22. The Bertz CT molecular complexity index is 1380. The highest BCUT2D eigenvalue weighted by Crippen LogP contribution is 2.42. The fourth-order valence-electron chi connectivity index (χ4n) is 4.62. The number of carbonyl (C=O) groups excluding carboxylic acids is 1. The minimum absolute atomic E-state index is 0.0556. The molecule has 2 atom stereocenters. The predicted molar refractivity (Wildman–Crippen MR) is 127 cm³/mol. The van der Waals surface area contributed by atoms with E-state index in [4.69, 9.17) is 4.74 Å². The number of hydrogen-bond acceptors (Lipinski definition) is 5. The van der Waals surface area contributed by atoms with Crippen LogP contribution in [0.5, 0.6) is 5.75 Å². The molecule has 0 radical (unpaired) electrons. The molecule has 1 aliphatic rings. The summed E-state index contributed by atoms with van der Waals surface area (Å²) >= 11 is 0. The molecule has 10 heteroatoms.